The van der Waals surface area contributed by atoms with Crippen LogP contribution in [-0.2, 0) is 14.3 Å². The molecule has 1 atom stereocenters. The van der Waals surface area contributed by atoms with E-state index in [1.54, 1.807) is 57.2 Å². The van der Waals surface area contributed by atoms with Crippen molar-refractivity contribution in [3.63, 3.8) is 0 Å². The van der Waals surface area contributed by atoms with Gasteiger partial charge in [0.1, 0.15) is 11.6 Å². The molecule has 0 spiro atoms. The number of benzene rings is 2. The van der Waals surface area contributed by atoms with Crippen LogP contribution in [0.4, 0.5) is 5.69 Å². The Morgan fingerprint density at radius 3 is 2.18 bits per heavy atom. The molecule has 1 aliphatic carbocycles. The predicted molar refractivity (Wildman–Crippen MR) is 128 cm³/mol. The molecule has 2 aromatic rings. The number of nitrogens with one attached hydrogen (secondary N) is 1. The minimum Gasteiger partial charge on any atom is -0.456 e. The fraction of sp³-hybridized carbons (Fsp3) is 0.370. The van der Waals surface area contributed by atoms with Crippen molar-refractivity contribution in [1.82, 2.24) is 5.32 Å². The average Bonchev–Trinajstić information content (AvgIpc) is 3.29. The Hall–Kier alpha value is -3.59. The number of hydrogen-bond donors (Lipinski definition) is 1. The van der Waals surface area contributed by atoms with Crippen LogP contribution in [0.25, 0.3) is 0 Å². The van der Waals surface area contributed by atoms with Gasteiger partial charge in [-0.2, -0.15) is 0 Å². The molecule has 1 aliphatic rings. The Bertz CT molecular complexity index is 1030. The van der Waals surface area contributed by atoms with Gasteiger partial charge in [-0.15, -0.1) is 6.42 Å². The van der Waals surface area contributed by atoms with Crippen molar-refractivity contribution in [2.45, 2.75) is 64.1 Å². The lowest BCUT2D eigenvalue weighted by Gasteiger charge is -2.31. The van der Waals surface area contributed by atoms with Gasteiger partial charge in [0.25, 0.3) is 0 Å². The molecule has 2 amide bonds. The van der Waals surface area contributed by atoms with Crippen molar-refractivity contribution in [1.29, 1.82) is 0 Å². The van der Waals surface area contributed by atoms with E-state index in [-0.39, 0.29) is 11.9 Å². The van der Waals surface area contributed by atoms with Crippen molar-refractivity contribution in [2.24, 2.45) is 0 Å². The second-order valence-electron chi connectivity index (χ2n) is 9.17. The topological polar surface area (TPSA) is 75.7 Å². The second-order valence-corrected chi connectivity index (χ2v) is 9.17. The zero-order chi connectivity index (χ0) is 24.0. The molecule has 0 bridgehead atoms. The monoisotopic (exact) mass is 446 g/mol. The molecular formula is C27H30N2O4. The molecule has 0 heterocycles. The van der Waals surface area contributed by atoms with Crippen LogP contribution >= 0.6 is 0 Å². The molecule has 1 saturated carbocycles. The summed E-state index contributed by atoms with van der Waals surface area (Å²) in [6, 6.07) is 14.6. The number of hydrogen-bond acceptors (Lipinski definition) is 4. The van der Waals surface area contributed by atoms with E-state index in [0.29, 0.717) is 16.8 Å². The van der Waals surface area contributed by atoms with Gasteiger partial charge in [-0.25, -0.2) is 4.79 Å². The molecule has 33 heavy (non-hydrogen) atoms. The smallest absolute Gasteiger partial charge is 0.338 e. The zero-order valence-electron chi connectivity index (χ0n) is 19.3. The molecule has 1 N–H and O–H groups in total. The molecule has 0 radical (unpaired) electrons. The molecule has 0 aromatic heterocycles. The highest BCUT2D eigenvalue weighted by Crippen LogP contribution is 2.30. The van der Waals surface area contributed by atoms with E-state index < -0.39 is 23.5 Å². The Kier molecular flexibility index (Phi) is 7.55. The van der Waals surface area contributed by atoms with E-state index in [1.807, 2.05) is 18.2 Å². The molecule has 0 aliphatic heterocycles. The molecule has 3 rings (SSSR count). The van der Waals surface area contributed by atoms with Crippen molar-refractivity contribution >= 4 is 23.5 Å². The highest BCUT2D eigenvalue weighted by atomic mass is 16.6. The predicted octanol–water partition coefficient (Wildman–Crippen LogP) is 4.41. The van der Waals surface area contributed by atoms with Crippen molar-refractivity contribution < 1.29 is 19.1 Å². The SMILES string of the molecule is C#CC(=O)N(c1ccc(C(=O)OC(C)(C)C)cc1)C(C(=O)NC1CCCC1)c1ccccc1. The maximum Gasteiger partial charge on any atom is 0.338 e. The number of rotatable bonds is 6. The maximum absolute atomic E-state index is 13.4. The van der Waals surface area contributed by atoms with Crippen LogP contribution in [0.5, 0.6) is 0 Å². The van der Waals surface area contributed by atoms with Gasteiger partial charge in [0.05, 0.1) is 5.56 Å². The van der Waals surface area contributed by atoms with Gasteiger partial charge in [0, 0.05) is 11.7 Å². The van der Waals surface area contributed by atoms with Gasteiger partial charge in [-0.1, -0.05) is 43.2 Å². The largest absolute Gasteiger partial charge is 0.456 e. The summed E-state index contributed by atoms with van der Waals surface area (Å²) in [5.41, 5.74) is 0.778. The summed E-state index contributed by atoms with van der Waals surface area (Å²) in [4.78, 5) is 40.0. The van der Waals surface area contributed by atoms with Crippen LogP contribution in [0.2, 0.25) is 0 Å². The van der Waals surface area contributed by atoms with Crippen molar-refractivity contribution in [2.75, 3.05) is 4.90 Å². The molecule has 172 valence electrons. The van der Waals surface area contributed by atoms with Gasteiger partial charge in [0.2, 0.25) is 5.91 Å². The first kappa shape index (κ1) is 24.1. The third kappa shape index (κ3) is 6.23. The number of anilines is 1. The highest BCUT2D eigenvalue weighted by molar-refractivity contribution is 6.09. The second kappa shape index (κ2) is 10.4. The van der Waals surface area contributed by atoms with E-state index in [2.05, 4.69) is 11.2 Å². The van der Waals surface area contributed by atoms with Gasteiger partial charge < -0.3 is 10.1 Å². The first-order valence-corrected chi connectivity index (χ1v) is 11.2. The van der Waals surface area contributed by atoms with E-state index in [4.69, 9.17) is 11.2 Å². The van der Waals surface area contributed by atoms with Gasteiger partial charge in [-0.05, 0) is 69.4 Å². The molecule has 1 unspecified atom stereocenters. The lowest BCUT2D eigenvalue weighted by Crippen LogP contribution is -2.46. The van der Waals surface area contributed by atoms with Crippen LogP contribution in [0.1, 0.15) is 68.4 Å². The van der Waals surface area contributed by atoms with Gasteiger partial charge >= 0.3 is 11.9 Å². The lowest BCUT2D eigenvalue weighted by molar-refractivity contribution is -0.125. The first-order valence-electron chi connectivity index (χ1n) is 11.2. The lowest BCUT2D eigenvalue weighted by atomic mass is 10.0. The van der Waals surface area contributed by atoms with Crippen LogP contribution in [0.15, 0.2) is 54.6 Å². The number of amides is 2. The standard InChI is InChI=1S/C27H30N2O4/c1-5-23(30)29(22-17-15-20(16-18-22)26(32)33-27(2,3)4)24(19-11-7-6-8-12-19)25(31)28-21-13-9-10-14-21/h1,6-8,11-12,15-18,21,24H,9-10,13-14H2,2-4H3,(H,28,31). The Morgan fingerprint density at radius 2 is 1.64 bits per heavy atom. The van der Waals surface area contributed by atoms with Crippen LogP contribution in [0, 0.1) is 12.3 Å². The molecule has 0 saturated heterocycles. The van der Waals surface area contributed by atoms with Crippen molar-refractivity contribution in [3.05, 3.63) is 65.7 Å². The summed E-state index contributed by atoms with van der Waals surface area (Å²) in [7, 11) is 0. The summed E-state index contributed by atoms with van der Waals surface area (Å²) >= 11 is 0. The third-order valence-electron chi connectivity index (χ3n) is 5.45. The van der Waals surface area contributed by atoms with Gasteiger partial charge in [-0.3, -0.25) is 14.5 Å². The summed E-state index contributed by atoms with van der Waals surface area (Å²) in [5, 5.41) is 3.09. The van der Waals surface area contributed by atoms with E-state index in [1.165, 1.54) is 4.90 Å². The molecule has 2 aromatic carbocycles. The number of terminal acetylenes is 1. The number of ether oxygens (including phenoxy) is 1. The quantitative estimate of drug-likeness (QED) is 0.527. The van der Waals surface area contributed by atoms with Gasteiger partial charge in [0.15, 0.2) is 0 Å². The van der Waals surface area contributed by atoms with Crippen LogP contribution in [-0.4, -0.2) is 29.4 Å². The highest BCUT2D eigenvalue weighted by Gasteiger charge is 2.33. The number of carbonyl (C=O) groups excluding carboxylic acids is 3. The Balaban J connectivity index is 1.97. The number of carbonyl (C=O) groups is 3. The fourth-order valence-corrected chi connectivity index (χ4v) is 3.95. The summed E-state index contributed by atoms with van der Waals surface area (Å²) in [6.45, 7) is 5.38. The summed E-state index contributed by atoms with van der Waals surface area (Å²) in [5.74, 6) is 0.749. The minimum absolute atomic E-state index is 0.0843. The first-order chi connectivity index (χ1) is 15.7. The van der Waals surface area contributed by atoms with Crippen LogP contribution < -0.4 is 10.2 Å². The summed E-state index contributed by atoms with van der Waals surface area (Å²) in [6.07, 6.45) is 9.46. The zero-order valence-corrected chi connectivity index (χ0v) is 19.3. The van der Waals surface area contributed by atoms with E-state index in [0.717, 1.165) is 25.7 Å². The molecule has 6 heteroatoms. The maximum atomic E-state index is 13.4. The normalized spacial score (nSPS) is 14.7. The average molecular weight is 447 g/mol. The van der Waals surface area contributed by atoms with E-state index >= 15 is 0 Å². The number of esters is 1. The molecular weight excluding hydrogens is 416 g/mol. The summed E-state index contributed by atoms with van der Waals surface area (Å²) < 4.78 is 5.41. The Labute approximate surface area is 195 Å². The third-order valence-corrected chi connectivity index (χ3v) is 5.45. The minimum atomic E-state index is -0.942. The van der Waals surface area contributed by atoms with E-state index in [9.17, 15) is 14.4 Å². The van der Waals surface area contributed by atoms with Crippen molar-refractivity contribution in [3.8, 4) is 12.3 Å². The number of nitrogens with zero attached hydrogens (tertiary/aromatic N) is 1. The fourth-order valence-electron chi connectivity index (χ4n) is 3.95. The molecule has 6 nitrogen and oxygen atoms in total. The van der Waals surface area contributed by atoms with Crippen LogP contribution in [0.3, 0.4) is 0 Å². The Morgan fingerprint density at radius 1 is 1.03 bits per heavy atom. The molecule has 1 fully saturated rings.